The summed E-state index contributed by atoms with van der Waals surface area (Å²) >= 11 is 0. The third-order valence-electron chi connectivity index (χ3n) is 2.27. The van der Waals surface area contributed by atoms with Gasteiger partial charge in [-0.15, -0.1) is 0 Å². The first-order valence-electron chi connectivity index (χ1n) is 4.92. The summed E-state index contributed by atoms with van der Waals surface area (Å²) < 4.78 is 0. The van der Waals surface area contributed by atoms with Gasteiger partial charge in [0, 0.05) is 12.2 Å². The Hall–Kier alpha value is -0.890. The maximum absolute atomic E-state index is 6.02. The van der Waals surface area contributed by atoms with Gasteiger partial charge in [0.25, 0.3) is 0 Å². The van der Waals surface area contributed by atoms with Crippen LogP contribution in [0.25, 0.3) is 0 Å². The zero-order chi connectivity index (χ0) is 9.68. The van der Waals surface area contributed by atoms with E-state index >= 15 is 0 Å². The highest BCUT2D eigenvalue weighted by Gasteiger charge is 2.08. The molecule has 0 fully saturated rings. The Kier molecular flexibility index (Phi) is 3.90. The molecule has 2 nitrogen and oxygen atoms in total. The van der Waals surface area contributed by atoms with Crippen LogP contribution in [0.15, 0.2) is 18.3 Å². The molecule has 0 radical (unpaired) electrons. The lowest BCUT2D eigenvalue weighted by molar-refractivity contribution is 0.587. The highest BCUT2D eigenvalue weighted by Crippen LogP contribution is 2.17. The van der Waals surface area contributed by atoms with Crippen molar-refractivity contribution in [2.24, 2.45) is 5.73 Å². The van der Waals surface area contributed by atoms with E-state index in [1.807, 2.05) is 12.3 Å². The molecule has 72 valence electrons. The van der Waals surface area contributed by atoms with Crippen molar-refractivity contribution in [2.75, 3.05) is 0 Å². The summed E-state index contributed by atoms with van der Waals surface area (Å²) in [6.45, 7) is 4.24. The zero-order valence-corrected chi connectivity index (χ0v) is 8.46. The predicted molar refractivity (Wildman–Crippen MR) is 55.4 cm³/mol. The van der Waals surface area contributed by atoms with Crippen molar-refractivity contribution in [3.63, 3.8) is 0 Å². The van der Waals surface area contributed by atoms with Crippen molar-refractivity contribution in [1.29, 1.82) is 0 Å². The van der Waals surface area contributed by atoms with E-state index in [4.69, 9.17) is 5.73 Å². The molecular formula is C11H18N2. The molecule has 0 aliphatic rings. The Morgan fingerprint density at radius 2 is 2.31 bits per heavy atom. The van der Waals surface area contributed by atoms with Crippen molar-refractivity contribution < 1.29 is 0 Å². The van der Waals surface area contributed by atoms with E-state index in [0.29, 0.717) is 0 Å². The number of rotatable bonds is 4. The predicted octanol–water partition coefficient (Wildman–Crippen LogP) is 2.58. The number of hydrogen-bond donors (Lipinski definition) is 1. The summed E-state index contributed by atoms with van der Waals surface area (Å²) in [5.41, 5.74) is 8.27. The molecule has 1 heterocycles. The van der Waals surface area contributed by atoms with Crippen LogP contribution in [0.4, 0.5) is 0 Å². The molecule has 1 unspecified atom stereocenters. The van der Waals surface area contributed by atoms with E-state index in [9.17, 15) is 0 Å². The fraction of sp³-hybridized carbons (Fsp3) is 0.545. The lowest BCUT2D eigenvalue weighted by atomic mass is 10.0. The quantitative estimate of drug-likeness (QED) is 0.769. The molecule has 0 bridgehead atoms. The second-order valence-corrected chi connectivity index (χ2v) is 3.45. The van der Waals surface area contributed by atoms with Crippen molar-refractivity contribution in [3.8, 4) is 0 Å². The van der Waals surface area contributed by atoms with E-state index in [-0.39, 0.29) is 6.04 Å². The van der Waals surface area contributed by atoms with Gasteiger partial charge in [-0.2, -0.15) is 0 Å². The molecule has 1 aromatic heterocycles. The van der Waals surface area contributed by atoms with Crippen LogP contribution < -0.4 is 5.73 Å². The van der Waals surface area contributed by atoms with Gasteiger partial charge in [-0.05, 0) is 25.0 Å². The van der Waals surface area contributed by atoms with Gasteiger partial charge in [0.15, 0.2) is 0 Å². The number of nitrogens with two attached hydrogens (primary N) is 1. The van der Waals surface area contributed by atoms with Gasteiger partial charge in [0.1, 0.15) is 0 Å². The van der Waals surface area contributed by atoms with Crippen LogP contribution in [0.3, 0.4) is 0 Å². The van der Waals surface area contributed by atoms with Crippen LogP contribution in [0, 0.1) is 6.92 Å². The van der Waals surface area contributed by atoms with Gasteiger partial charge in [-0.3, -0.25) is 4.98 Å². The molecule has 13 heavy (non-hydrogen) atoms. The van der Waals surface area contributed by atoms with Crippen molar-refractivity contribution in [1.82, 2.24) is 4.98 Å². The van der Waals surface area contributed by atoms with Gasteiger partial charge < -0.3 is 5.73 Å². The Morgan fingerprint density at radius 1 is 1.54 bits per heavy atom. The average Bonchev–Trinajstić information content (AvgIpc) is 2.15. The number of nitrogens with zero attached hydrogens (tertiary/aromatic N) is 1. The summed E-state index contributed by atoms with van der Waals surface area (Å²) in [5, 5.41) is 0. The Labute approximate surface area is 80.2 Å². The van der Waals surface area contributed by atoms with Crippen LogP contribution in [-0.2, 0) is 0 Å². The van der Waals surface area contributed by atoms with Gasteiger partial charge in [0.05, 0.1) is 5.69 Å². The van der Waals surface area contributed by atoms with Gasteiger partial charge in [-0.25, -0.2) is 0 Å². The molecule has 0 saturated carbocycles. The van der Waals surface area contributed by atoms with Crippen LogP contribution in [0.5, 0.6) is 0 Å². The molecule has 1 atom stereocenters. The number of unbranched alkanes of at least 4 members (excludes halogenated alkanes) is 1. The highest BCUT2D eigenvalue weighted by molar-refractivity contribution is 5.20. The topological polar surface area (TPSA) is 38.9 Å². The minimum atomic E-state index is 0.112. The molecule has 0 spiro atoms. The van der Waals surface area contributed by atoms with E-state index in [0.717, 1.165) is 12.1 Å². The zero-order valence-electron chi connectivity index (χ0n) is 8.46. The van der Waals surface area contributed by atoms with Crippen molar-refractivity contribution in [2.45, 2.75) is 39.2 Å². The largest absolute Gasteiger partial charge is 0.323 e. The van der Waals surface area contributed by atoms with Crippen molar-refractivity contribution in [3.05, 3.63) is 29.6 Å². The second kappa shape index (κ2) is 4.97. The Bertz CT molecular complexity index is 258. The van der Waals surface area contributed by atoms with Crippen LogP contribution in [-0.4, -0.2) is 4.98 Å². The lowest BCUT2D eigenvalue weighted by Crippen LogP contribution is -2.13. The number of hydrogen-bond acceptors (Lipinski definition) is 2. The first-order chi connectivity index (χ1) is 6.25. The molecule has 0 saturated heterocycles. The molecule has 2 N–H and O–H groups in total. The minimum Gasteiger partial charge on any atom is -0.323 e. The maximum Gasteiger partial charge on any atom is 0.0600 e. The standard InChI is InChI=1S/C11H18N2/c1-3-4-7-10(12)11-9(2)6-5-8-13-11/h5-6,8,10H,3-4,7,12H2,1-2H3. The van der Waals surface area contributed by atoms with Gasteiger partial charge in [0.2, 0.25) is 0 Å². The molecule has 0 aliphatic carbocycles. The molecule has 0 aliphatic heterocycles. The summed E-state index contributed by atoms with van der Waals surface area (Å²) in [5.74, 6) is 0. The maximum atomic E-state index is 6.02. The molecule has 1 aromatic rings. The first kappa shape index (κ1) is 10.2. The number of aromatic nitrogens is 1. The first-order valence-corrected chi connectivity index (χ1v) is 4.92. The summed E-state index contributed by atoms with van der Waals surface area (Å²) in [6.07, 6.45) is 5.22. The molecule has 2 heteroatoms. The van der Waals surface area contributed by atoms with E-state index in [1.165, 1.54) is 18.4 Å². The fourth-order valence-electron chi connectivity index (χ4n) is 1.45. The number of aryl methyl sites for hydroxylation is 1. The smallest absolute Gasteiger partial charge is 0.0600 e. The van der Waals surface area contributed by atoms with E-state index < -0.39 is 0 Å². The van der Waals surface area contributed by atoms with E-state index in [2.05, 4.69) is 24.9 Å². The Balaban J connectivity index is 2.65. The molecule has 0 amide bonds. The third kappa shape index (κ3) is 2.81. The van der Waals surface area contributed by atoms with Crippen LogP contribution in [0.1, 0.15) is 43.5 Å². The molecule has 1 rings (SSSR count). The van der Waals surface area contributed by atoms with Gasteiger partial charge >= 0.3 is 0 Å². The summed E-state index contributed by atoms with van der Waals surface area (Å²) in [4.78, 5) is 4.31. The van der Waals surface area contributed by atoms with Crippen LogP contribution >= 0.6 is 0 Å². The minimum absolute atomic E-state index is 0.112. The Morgan fingerprint density at radius 3 is 2.92 bits per heavy atom. The SMILES string of the molecule is CCCCC(N)c1ncccc1C. The van der Waals surface area contributed by atoms with E-state index in [1.54, 1.807) is 0 Å². The van der Waals surface area contributed by atoms with Crippen LogP contribution in [0.2, 0.25) is 0 Å². The average molecular weight is 178 g/mol. The summed E-state index contributed by atoms with van der Waals surface area (Å²) in [7, 11) is 0. The number of pyridine rings is 1. The fourth-order valence-corrected chi connectivity index (χ4v) is 1.45. The van der Waals surface area contributed by atoms with Gasteiger partial charge in [-0.1, -0.05) is 25.8 Å². The highest BCUT2D eigenvalue weighted by atomic mass is 14.8. The third-order valence-corrected chi connectivity index (χ3v) is 2.27. The van der Waals surface area contributed by atoms with Crippen molar-refractivity contribution >= 4 is 0 Å². The normalized spacial score (nSPS) is 12.8. The lowest BCUT2D eigenvalue weighted by Gasteiger charge is -2.12. The summed E-state index contributed by atoms with van der Waals surface area (Å²) in [6, 6.07) is 4.13. The second-order valence-electron chi connectivity index (χ2n) is 3.45. The molecule has 0 aromatic carbocycles. The molecular weight excluding hydrogens is 160 g/mol. The monoisotopic (exact) mass is 178 g/mol.